The van der Waals surface area contributed by atoms with Gasteiger partial charge >= 0.3 is 5.97 Å². The van der Waals surface area contributed by atoms with Crippen LogP contribution in [0.2, 0.25) is 0 Å². The molecular weight excluding hydrogens is 296 g/mol. The van der Waals surface area contributed by atoms with Crippen LogP contribution in [-0.4, -0.2) is 28.4 Å². The maximum atomic E-state index is 12.4. The molecule has 4 N–H and O–H groups in total. The summed E-state index contributed by atoms with van der Waals surface area (Å²) >= 11 is 0. The van der Waals surface area contributed by atoms with Crippen LogP contribution in [-0.2, 0) is 20.7 Å². The molecule has 0 saturated carbocycles. The van der Waals surface area contributed by atoms with Gasteiger partial charge in [0, 0.05) is 31.2 Å². The molecule has 0 spiro atoms. The predicted molar refractivity (Wildman–Crippen MR) is 82.4 cm³/mol. The van der Waals surface area contributed by atoms with Crippen LogP contribution < -0.4 is 5.32 Å². The summed E-state index contributed by atoms with van der Waals surface area (Å²) < 4.78 is 10.6. The molecule has 0 saturated heterocycles. The number of para-hydroxylation sites is 1. The van der Waals surface area contributed by atoms with Crippen LogP contribution in [0.4, 0.5) is 0 Å². The van der Waals surface area contributed by atoms with Gasteiger partial charge < -0.3 is 24.9 Å². The van der Waals surface area contributed by atoms with Gasteiger partial charge in [0.2, 0.25) is 0 Å². The second-order valence-corrected chi connectivity index (χ2v) is 6.43. The lowest BCUT2D eigenvalue weighted by Gasteiger charge is -2.33. The molecule has 6 heteroatoms. The number of aliphatic hydroxyl groups excluding tert-OH is 1. The molecule has 4 rings (SSSR count). The zero-order valence-electron chi connectivity index (χ0n) is 13.1. The third kappa shape index (κ3) is 2.17. The minimum absolute atomic E-state index is 0.164. The van der Waals surface area contributed by atoms with E-state index in [9.17, 15) is 9.90 Å². The van der Waals surface area contributed by atoms with Gasteiger partial charge in [-0.2, -0.15) is 0 Å². The van der Waals surface area contributed by atoms with Crippen LogP contribution in [0.3, 0.4) is 0 Å². The van der Waals surface area contributed by atoms with Crippen LogP contribution >= 0.6 is 0 Å². The van der Waals surface area contributed by atoms with Crippen LogP contribution in [0.25, 0.3) is 10.9 Å². The number of carbonyl (C=O) groups excluding carboxylic acids is 1. The Kier molecular flexibility index (Phi) is 2.93. The molecule has 1 atom stereocenters. The summed E-state index contributed by atoms with van der Waals surface area (Å²) in [5.74, 6) is -2.03. The highest BCUT2D eigenvalue weighted by atomic mass is 16.8. The lowest BCUT2D eigenvalue weighted by atomic mass is 9.94. The van der Waals surface area contributed by atoms with Gasteiger partial charge in [0.1, 0.15) is 0 Å². The fourth-order valence-electron chi connectivity index (χ4n) is 3.46. The van der Waals surface area contributed by atoms with Crippen molar-refractivity contribution in [2.45, 2.75) is 32.1 Å². The first-order valence-electron chi connectivity index (χ1n) is 7.74. The van der Waals surface area contributed by atoms with Crippen molar-refractivity contribution < 1.29 is 24.7 Å². The SMILES string of the molecule is CC1(C)OC(=O)C([C@H]2[NH2+]CCc3c2[nH]c2ccccc32)=C(O)O1. The zero-order valence-corrected chi connectivity index (χ0v) is 13.1. The van der Waals surface area contributed by atoms with Gasteiger partial charge in [-0.05, 0) is 11.6 Å². The highest BCUT2D eigenvalue weighted by Crippen LogP contribution is 2.35. The molecule has 0 radical (unpaired) electrons. The Bertz CT molecular complexity index is 834. The normalized spacial score (nSPS) is 23.4. The Hall–Kier alpha value is -2.47. The van der Waals surface area contributed by atoms with E-state index in [1.807, 2.05) is 23.5 Å². The number of benzene rings is 1. The average Bonchev–Trinajstić information content (AvgIpc) is 2.85. The number of aliphatic hydroxyl groups is 1. The smallest absolute Gasteiger partial charge is 0.351 e. The third-order valence-corrected chi connectivity index (χ3v) is 4.40. The van der Waals surface area contributed by atoms with Crippen molar-refractivity contribution in [3.63, 3.8) is 0 Å². The minimum atomic E-state index is -1.15. The predicted octanol–water partition coefficient (Wildman–Crippen LogP) is 1.41. The van der Waals surface area contributed by atoms with Crippen LogP contribution in [0.15, 0.2) is 35.8 Å². The number of carbonyl (C=O) groups is 1. The number of hydrogen-bond donors (Lipinski definition) is 3. The van der Waals surface area contributed by atoms with Crippen molar-refractivity contribution in [1.29, 1.82) is 0 Å². The monoisotopic (exact) mass is 315 g/mol. The topological polar surface area (TPSA) is 88.2 Å². The van der Waals surface area contributed by atoms with E-state index >= 15 is 0 Å². The lowest BCUT2D eigenvalue weighted by molar-refractivity contribution is -0.691. The fourth-order valence-corrected chi connectivity index (χ4v) is 3.46. The summed E-state index contributed by atoms with van der Waals surface area (Å²) in [5, 5.41) is 13.4. The van der Waals surface area contributed by atoms with Gasteiger partial charge in [-0.1, -0.05) is 18.2 Å². The van der Waals surface area contributed by atoms with E-state index in [2.05, 4.69) is 11.1 Å². The number of nitrogens with one attached hydrogen (secondary N) is 1. The molecule has 0 amide bonds. The first-order valence-corrected chi connectivity index (χ1v) is 7.74. The van der Waals surface area contributed by atoms with E-state index in [1.165, 1.54) is 5.56 Å². The number of hydrogen-bond acceptors (Lipinski definition) is 4. The Morgan fingerprint density at radius 3 is 2.87 bits per heavy atom. The molecule has 0 bridgehead atoms. The summed E-state index contributed by atoms with van der Waals surface area (Å²) in [5.41, 5.74) is 3.31. The van der Waals surface area contributed by atoms with E-state index in [4.69, 9.17) is 9.47 Å². The number of esters is 1. The minimum Gasteiger partial charge on any atom is -0.480 e. The van der Waals surface area contributed by atoms with E-state index in [1.54, 1.807) is 13.8 Å². The van der Waals surface area contributed by atoms with Gasteiger partial charge in [-0.3, -0.25) is 0 Å². The van der Waals surface area contributed by atoms with Crippen molar-refractivity contribution in [3.8, 4) is 0 Å². The fraction of sp³-hybridized carbons (Fsp3) is 0.353. The molecule has 120 valence electrons. The van der Waals surface area contributed by atoms with Crippen molar-refractivity contribution in [2.24, 2.45) is 0 Å². The van der Waals surface area contributed by atoms with Crippen LogP contribution in [0.1, 0.15) is 31.1 Å². The molecule has 0 fully saturated rings. The van der Waals surface area contributed by atoms with Crippen molar-refractivity contribution in [1.82, 2.24) is 4.98 Å². The van der Waals surface area contributed by atoms with Crippen LogP contribution in [0.5, 0.6) is 0 Å². The Labute approximate surface area is 133 Å². The van der Waals surface area contributed by atoms with Gasteiger partial charge in [0.25, 0.3) is 11.7 Å². The number of aromatic amines is 1. The summed E-state index contributed by atoms with van der Waals surface area (Å²) in [4.78, 5) is 15.8. The van der Waals surface area contributed by atoms with Crippen molar-refractivity contribution >= 4 is 16.9 Å². The second-order valence-electron chi connectivity index (χ2n) is 6.43. The van der Waals surface area contributed by atoms with Gasteiger partial charge in [-0.15, -0.1) is 0 Å². The lowest BCUT2D eigenvalue weighted by Crippen LogP contribution is -2.88. The maximum absolute atomic E-state index is 12.4. The molecule has 2 aliphatic heterocycles. The highest BCUT2D eigenvalue weighted by Gasteiger charge is 2.44. The highest BCUT2D eigenvalue weighted by molar-refractivity contribution is 5.92. The molecule has 2 aliphatic rings. The van der Waals surface area contributed by atoms with Crippen molar-refractivity contribution in [2.75, 3.05) is 6.54 Å². The number of H-pyrrole nitrogens is 1. The number of quaternary nitrogens is 1. The quantitative estimate of drug-likeness (QED) is 0.694. The number of rotatable bonds is 1. The van der Waals surface area contributed by atoms with E-state index in [0.717, 1.165) is 29.6 Å². The molecular formula is C17H19N2O4+. The van der Waals surface area contributed by atoms with Crippen molar-refractivity contribution in [3.05, 3.63) is 47.0 Å². The zero-order chi connectivity index (χ0) is 16.2. The molecule has 6 nitrogen and oxygen atoms in total. The first kappa shape index (κ1) is 14.1. The maximum Gasteiger partial charge on any atom is 0.351 e. The molecule has 1 aromatic heterocycles. The summed E-state index contributed by atoms with van der Waals surface area (Å²) in [7, 11) is 0. The molecule has 2 aromatic rings. The number of cyclic esters (lactones) is 1. The number of fused-ring (bicyclic) bond motifs is 3. The van der Waals surface area contributed by atoms with E-state index in [0.29, 0.717) is 0 Å². The van der Waals surface area contributed by atoms with Crippen LogP contribution in [0, 0.1) is 0 Å². The molecule has 3 heterocycles. The van der Waals surface area contributed by atoms with Gasteiger partial charge in [0.05, 0.1) is 12.2 Å². The average molecular weight is 315 g/mol. The molecule has 1 aromatic carbocycles. The Morgan fingerprint density at radius 1 is 1.30 bits per heavy atom. The summed E-state index contributed by atoms with van der Waals surface area (Å²) in [6, 6.07) is 7.70. The molecule has 0 aliphatic carbocycles. The summed E-state index contributed by atoms with van der Waals surface area (Å²) in [6.07, 6.45) is 0.908. The largest absolute Gasteiger partial charge is 0.480 e. The summed E-state index contributed by atoms with van der Waals surface area (Å²) in [6.45, 7) is 4.01. The molecule has 0 unspecified atom stereocenters. The number of ether oxygens (including phenoxy) is 2. The first-order chi connectivity index (χ1) is 11.0. The van der Waals surface area contributed by atoms with Gasteiger partial charge in [-0.25, -0.2) is 4.79 Å². The van der Waals surface area contributed by atoms with E-state index in [-0.39, 0.29) is 17.6 Å². The third-order valence-electron chi connectivity index (χ3n) is 4.40. The Morgan fingerprint density at radius 2 is 2.09 bits per heavy atom. The van der Waals surface area contributed by atoms with Gasteiger partial charge in [0.15, 0.2) is 11.6 Å². The standard InChI is InChI=1S/C17H18N2O4/c1-17(2)22-15(20)12(16(21)23-17)14-13-10(7-8-18-14)9-5-3-4-6-11(9)19-13/h3-6,14,18-20H,7-8H2,1-2H3/p+1/t14-/m1/s1. The molecule has 23 heavy (non-hydrogen) atoms. The van der Waals surface area contributed by atoms with E-state index < -0.39 is 11.8 Å². The Balaban J connectivity index is 1.85. The second kappa shape index (κ2) is 4.76. The number of aromatic nitrogens is 1. The number of nitrogens with two attached hydrogens (primary N) is 1.